The second kappa shape index (κ2) is 9.67. The third-order valence-electron chi connectivity index (χ3n) is 3.58. The van der Waals surface area contributed by atoms with Gasteiger partial charge >= 0.3 is 7.82 Å². The minimum Gasteiger partial charge on any atom is -0.287 e. The van der Waals surface area contributed by atoms with Crippen LogP contribution < -0.4 is 0 Å². The summed E-state index contributed by atoms with van der Waals surface area (Å²) in [7, 11) is -3.72. The van der Waals surface area contributed by atoms with Crippen LogP contribution in [0, 0.1) is 4.91 Å². The lowest BCUT2D eigenvalue weighted by molar-refractivity contribution is -0.0114. The minimum absolute atomic E-state index is 0.300. The molecule has 6 nitrogen and oxygen atoms in total. The largest absolute Gasteiger partial charge is 0.477 e. The highest BCUT2D eigenvalue weighted by Crippen LogP contribution is 2.55. The quantitative estimate of drug-likeness (QED) is 0.298. The zero-order chi connectivity index (χ0) is 15.6. The summed E-state index contributed by atoms with van der Waals surface area (Å²) in [6.45, 7) is 4.63. The Hall–Kier alpha value is -0.290. The summed E-state index contributed by atoms with van der Waals surface area (Å²) in [5, 5.41) is 3.12. The monoisotopic (exact) mass is 321 g/mol. The molecule has 1 saturated carbocycles. The smallest absolute Gasteiger partial charge is 0.287 e. The molecule has 1 rings (SSSR count). The highest BCUT2D eigenvalue weighted by molar-refractivity contribution is 7.48. The fourth-order valence-corrected chi connectivity index (χ4v) is 3.76. The molecule has 1 aliphatic rings. The first kappa shape index (κ1) is 18.8. The molecule has 7 heteroatoms. The molecule has 0 atom stereocenters. The summed E-state index contributed by atoms with van der Waals surface area (Å²) in [6.07, 6.45) is 7.07. The number of nitroso groups, excluding NO2 is 1. The maximum Gasteiger partial charge on any atom is 0.477 e. The molecule has 0 amide bonds. The van der Waals surface area contributed by atoms with Gasteiger partial charge in [-0.25, -0.2) is 4.57 Å². The Morgan fingerprint density at radius 1 is 1.00 bits per heavy atom. The molecule has 124 valence electrons. The van der Waals surface area contributed by atoms with E-state index in [4.69, 9.17) is 13.6 Å². The number of phosphoric ester groups is 1. The van der Waals surface area contributed by atoms with Gasteiger partial charge in [0.05, 0.1) is 13.2 Å². The van der Waals surface area contributed by atoms with Crippen LogP contribution in [0.15, 0.2) is 5.18 Å². The molecule has 21 heavy (non-hydrogen) atoms. The van der Waals surface area contributed by atoms with E-state index in [9.17, 15) is 9.47 Å². The van der Waals surface area contributed by atoms with Gasteiger partial charge in [0.25, 0.3) is 0 Å². The Labute approximate surface area is 127 Å². The van der Waals surface area contributed by atoms with Gasteiger partial charge < -0.3 is 0 Å². The second-order valence-electron chi connectivity index (χ2n) is 5.51. The van der Waals surface area contributed by atoms with Crippen molar-refractivity contribution >= 4 is 7.82 Å². The first-order valence-corrected chi connectivity index (χ1v) is 9.50. The summed E-state index contributed by atoms with van der Waals surface area (Å²) < 4.78 is 29.0. The molecule has 0 heterocycles. The van der Waals surface area contributed by atoms with Crippen molar-refractivity contribution in [3.05, 3.63) is 4.91 Å². The fraction of sp³-hybridized carbons (Fsp3) is 1.00. The van der Waals surface area contributed by atoms with Crippen LogP contribution >= 0.6 is 7.82 Å². The van der Waals surface area contributed by atoms with Crippen LogP contribution in [-0.2, 0) is 18.1 Å². The SMILES string of the molecule is CCCCOP(=O)(OCCCC)OC1(N=O)CCCCC1. The number of rotatable bonds is 11. The van der Waals surface area contributed by atoms with E-state index in [1.807, 2.05) is 13.8 Å². The van der Waals surface area contributed by atoms with Crippen molar-refractivity contribution in [3.8, 4) is 0 Å². The Morgan fingerprint density at radius 3 is 1.95 bits per heavy atom. The van der Waals surface area contributed by atoms with E-state index in [-0.39, 0.29) is 0 Å². The van der Waals surface area contributed by atoms with Gasteiger partial charge in [-0.15, -0.1) is 4.91 Å². The molecule has 0 N–H and O–H groups in total. The lowest BCUT2D eigenvalue weighted by Crippen LogP contribution is -2.32. The molecule has 0 bridgehead atoms. The lowest BCUT2D eigenvalue weighted by atomic mass is 9.93. The number of hydrogen-bond acceptors (Lipinski definition) is 6. The molecule has 0 saturated heterocycles. The molecule has 0 aromatic carbocycles. The molecule has 1 aliphatic carbocycles. The summed E-state index contributed by atoms with van der Waals surface area (Å²) >= 11 is 0. The van der Waals surface area contributed by atoms with Gasteiger partial charge in [-0.2, -0.15) is 0 Å². The van der Waals surface area contributed by atoms with E-state index >= 15 is 0 Å². The van der Waals surface area contributed by atoms with Crippen molar-refractivity contribution in [2.75, 3.05) is 13.2 Å². The van der Waals surface area contributed by atoms with E-state index in [0.717, 1.165) is 44.9 Å². The van der Waals surface area contributed by atoms with E-state index in [2.05, 4.69) is 5.18 Å². The molecule has 0 spiro atoms. The minimum atomic E-state index is -3.72. The van der Waals surface area contributed by atoms with Gasteiger partial charge in [0, 0.05) is 12.8 Å². The molecular weight excluding hydrogens is 293 g/mol. The Morgan fingerprint density at radius 2 is 1.52 bits per heavy atom. The summed E-state index contributed by atoms with van der Waals surface area (Å²) in [5.41, 5.74) is -1.24. The Kier molecular flexibility index (Phi) is 8.64. The summed E-state index contributed by atoms with van der Waals surface area (Å²) in [6, 6.07) is 0. The first-order valence-electron chi connectivity index (χ1n) is 8.04. The Bertz CT molecular complexity index is 330. The summed E-state index contributed by atoms with van der Waals surface area (Å²) in [5.74, 6) is 0. The van der Waals surface area contributed by atoms with Gasteiger partial charge in [-0.3, -0.25) is 13.6 Å². The van der Waals surface area contributed by atoms with E-state index in [0.29, 0.717) is 26.1 Å². The second-order valence-corrected chi connectivity index (χ2v) is 7.10. The van der Waals surface area contributed by atoms with Gasteiger partial charge in [-0.1, -0.05) is 33.1 Å². The normalized spacial score (nSPS) is 18.6. The lowest BCUT2D eigenvalue weighted by Gasteiger charge is -2.32. The third-order valence-corrected chi connectivity index (χ3v) is 5.14. The van der Waals surface area contributed by atoms with Crippen LogP contribution in [0.25, 0.3) is 0 Å². The fourth-order valence-electron chi connectivity index (χ4n) is 2.24. The van der Waals surface area contributed by atoms with E-state index < -0.39 is 13.5 Å². The van der Waals surface area contributed by atoms with Crippen molar-refractivity contribution in [1.29, 1.82) is 0 Å². The molecule has 0 aromatic heterocycles. The number of hydrogen-bond donors (Lipinski definition) is 0. The number of nitrogens with zero attached hydrogens (tertiary/aromatic N) is 1. The van der Waals surface area contributed by atoms with Crippen molar-refractivity contribution in [1.82, 2.24) is 0 Å². The predicted molar refractivity (Wildman–Crippen MR) is 82.0 cm³/mol. The van der Waals surface area contributed by atoms with Crippen LogP contribution in [0.1, 0.15) is 71.6 Å². The highest BCUT2D eigenvalue weighted by atomic mass is 31.2. The van der Waals surface area contributed by atoms with Crippen molar-refractivity contribution in [2.45, 2.75) is 77.4 Å². The third kappa shape index (κ3) is 6.55. The van der Waals surface area contributed by atoms with Crippen molar-refractivity contribution in [2.24, 2.45) is 5.18 Å². The molecule has 0 unspecified atom stereocenters. The topological polar surface area (TPSA) is 74.2 Å². The van der Waals surface area contributed by atoms with Crippen LogP contribution in [0.4, 0.5) is 0 Å². The molecular formula is C14H28NO5P. The van der Waals surface area contributed by atoms with Crippen LogP contribution in [-0.4, -0.2) is 18.9 Å². The van der Waals surface area contributed by atoms with E-state index in [1.165, 1.54) is 0 Å². The van der Waals surface area contributed by atoms with Crippen LogP contribution in [0.2, 0.25) is 0 Å². The highest BCUT2D eigenvalue weighted by Gasteiger charge is 2.43. The molecule has 0 aliphatic heterocycles. The number of phosphoric acid groups is 1. The number of unbranched alkanes of at least 4 members (excludes halogenated alkanes) is 2. The maximum atomic E-state index is 12.7. The van der Waals surface area contributed by atoms with Crippen molar-refractivity contribution < 1.29 is 18.1 Å². The average Bonchev–Trinajstić information content (AvgIpc) is 2.49. The van der Waals surface area contributed by atoms with Crippen LogP contribution in [0.3, 0.4) is 0 Å². The van der Waals surface area contributed by atoms with E-state index in [1.54, 1.807) is 0 Å². The Balaban J connectivity index is 2.68. The van der Waals surface area contributed by atoms with Crippen LogP contribution in [0.5, 0.6) is 0 Å². The van der Waals surface area contributed by atoms with Gasteiger partial charge in [0.15, 0.2) is 0 Å². The maximum absolute atomic E-state index is 12.7. The molecule has 0 radical (unpaired) electrons. The standard InChI is InChI=1S/C14H28NO5P/c1-3-5-12-18-21(17,19-13-6-4-2)20-14(15-16)10-8-7-9-11-14/h3-13H2,1-2H3. The molecule has 1 fully saturated rings. The van der Waals surface area contributed by atoms with Gasteiger partial charge in [0.2, 0.25) is 5.72 Å². The van der Waals surface area contributed by atoms with Gasteiger partial charge in [0.1, 0.15) is 0 Å². The predicted octanol–water partition coefficient (Wildman–Crippen LogP) is 5.17. The van der Waals surface area contributed by atoms with Crippen molar-refractivity contribution in [3.63, 3.8) is 0 Å². The zero-order valence-corrected chi connectivity index (χ0v) is 14.1. The molecule has 0 aromatic rings. The summed E-state index contributed by atoms with van der Waals surface area (Å²) in [4.78, 5) is 11.2. The van der Waals surface area contributed by atoms with Gasteiger partial charge in [-0.05, 0) is 30.9 Å². The average molecular weight is 321 g/mol. The zero-order valence-electron chi connectivity index (χ0n) is 13.2. The first-order chi connectivity index (χ1) is 10.1.